The molecular formula is C24H17N5. The number of H-pyrrole nitrogens is 1. The van der Waals surface area contributed by atoms with Crippen LogP contribution in [-0.4, -0.2) is 9.38 Å². The van der Waals surface area contributed by atoms with Crippen LogP contribution in [0.4, 0.5) is 11.4 Å². The second kappa shape index (κ2) is 6.77. The van der Waals surface area contributed by atoms with Crippen molar-refractivity contribution in [1.82, 2.24) is 9.38 Å². The van der Waals surface area contributed by atoms with E-state index in [1.807, 2.05) is 85.8 Å². The molecule has 5 nitrogen and oxygen atoms in total. The number of aromatic amines is 1. The zero-order valence-corrected chi connectivity index (χ0v) is 15.8. The molecule has 3 aromatic carbocycles. The SMILES string of the molecule is Cc1ccc(N=Nc2c(C#N)c3[nH]c4ccccc4n3c2-c2ccccc2)cc1. The monoisotopic (exact) mass is 375 g/mol. The van der Waals surface area contributed by atoms with Crippen LogP contribution in [0.1, 0.15) is 11.1 Å². The second-order valence-corrected chi connectivity index (χ2v) is 6.91. The zero-order chi connectivity index (χ0) is 19.8. The van der Waals surface area contributed by atoms with Gasteiger partial charge in [-0.2, -0.15) is 10.4 Å². The Hall–Kier alpha value is -4.17. The summed E-state index contributed by atoms with van der Waals surface area (Å²) in [7, 11) is 0. The molecule has 5 rings (SSSR count). The fraction of sp³-hybridized carbons (Fsp3) is 0.0417. The lowest BCUT2D eigenvalue weighted by Crippen LogP contribution is -1.85. The molecule has 138 valence electrons. The highest BCUT2D eigenvalue weighted by atomic mass is 15.1. The van der Waals surface area contributed by atoms with Gasteiger partial charge in [0.1, 0.15) is 23.0 Å². The van der Waals surface area contributed by atoms with Crippen LogP contribution in [0.2, 0.25) is 0 Å². The first kappa shape index (κ1) is 17.0. The lowest BCUT2D eigenvalue weighted by molar-refractivity contribution is 1.21. The molecule has 0 aliphatic carbocycles. The number of fused-ring (bicyclic) bond motifs is 3. The Morgan fingerprint density at radius 1 is 0.862 bits per heavy atom. The van der Waals surface area contributed by atoms with Gasteiger partial charge in [-0.25, -0.2) is 0 Å². The lowest BCUT2D eigenvalue weighted by atomic mass is 10.1. The topological polar surface area (TPSA) is 68.7 Å². The first-order valence-corrected chi connectivity index (χ1v) is 9.35. The summed E-state index contributed by atoms with van der Waals surface area (Å²) >= 11 is 0. The number of para-hydroxylation sites is 2. The highest BCUT2D eigenvalue weighted by molar-refractivity contribution is 5.94. The maximum Gasteiger partial charge on any atom is 0.136 e. The molecule has 2 aromatic heterocycles. The van der Waals surface area contributed by atoms with Gasteiger partial charge in [0.2, 0.25) is 0 Å². The molecule has 0 radical (unpaired) electrons. The highest BCUT2D eigenvalue weighted by Crippen LogP contribution is 2.40. The highest BCUT2D eigenvalue weighted by Gasteiger charge is 2.23. The van der Waals surface area contributed by atoms with Gasteiger partial charge in [0.25, 0.3) is 0 Å². The van der Waals surface area contributed by atoms with Gasteiger partial charge in [0, 0.05) is 5.56 Å². The van der Waals surface area contributed by atoms with Crippen molar-refractivity contribution in [2.24, 2.45) is 10.2 Å². The van der Waals surface area contributed by atoms with Gasteiger partial charge < -0.3 is 4.98 Å². The fourth-order valence-corrected chi connectivity index (χ4v) is 3.61. The Balaban J connectivity index is 1.82. The Morgan fingerprint density at radius 2 is 1.59 bits per heavy atom. The Labute approximate surface area is 167 Å². The van der Waals surface area contributed by atoms with Crippen LogP contribution in [0, 0.1) is 18.3 Å². The lowest BCUT2D eigenvalue weighted by Gasteiger charge is -2.04. The predicted molar refractivity (Wildman–Crippen MR) is 115 cm³/mol. The van der Waals surface area contributed by atoms with Crippen molar-refractivity contribution in [2.45, 2.75) is 6.92 Å². The van der Waals surface area contributed by atoms with Crippen LogP contribution in [-0.2, 0) is 0 Å². The third-order valence-corrected chi connectivity index (χ3v) is 5.00. The van der Waals surface area contributed by atoms with E-state index in [9.17, 15) is 5.26 Å². The van der Waals surface area contributed by atoms with Crippen molar-refractivity contribution in [2.75, 3.05) is 0 Å². The molecule has 2 heterocycles. The minimum absolute atomic E-state index is 0.482. The van der Waals surface area contributed by atoms with E-state index in [2.05, 4.69) is 25.7 Å². The summed E-state index contributed by atoms with van der Waals surface area (Å²) in [4.78, 5) is 3.37. The molecule has 5 aromatic rings. The van der Waals surface area contributed by atoms with Crippen LogP contribution in [0.25, 0.3) is 27.9 Å². The first-order chi connectivity index (χ1) is 14.3. The molecule has 0 aliphatic rings. The summed E-state index contributed by atoms with van der Waals surface area (Å²) in [5.41, 5.74) is 7.48. The summed E-state index contributed by atoms with van der Waals surface area (Å²) in [5, 5.41) is 18.9. The predicted octanol–water partition coefficient (Wildman–Crippen LogP) is 6.68. The largest absolute Gasteiger partial charge is 0.338 e. The van der Waals surface area contributed by atoms with E-state index < -0.39 is 0 Å². The molecule has 0 amide bonds. The number of benzene rings is 3. The molecule has 0 spiro atoms. The van der Waals surface area contributed by atoms with Crippen molar-refractivity contribution in [3.63, 3.8) is 0 Å². The molecule has 0 atom stereocenters. The minimum Gasteiger partial charge on any atom is -0.338 e. The quantitative estimate of drug-likeness (QED) is 0.351. The van der Waals surface area contributed by atoms with Gasteiger partial charge in [0.05, 0.1) is 22.4 Å². The van der Waals surface area contributed by atoms with E-state index in [1.54, 1.807) is 0 Å². The number of nitrogens with zero attached hydrogens (tertiary/aromatic N) is 4. The third-order valence-electron chi connectivity index (χ3n) is 5.00. The number of azo groups is 1. The van der Waals surface area contributed by atoms with Crippen LogP contribution in [0.3, 0.4) is 0 Å². The van der Waals surface area contributed by atoms with Gasteiger partial charge in [-0.05, 0) is 31.2 Å². The fourth-order valence-electron chi connectivity index (χ4n) is 3.61. The number of hydrogen-bond acceptors (Lipinski definition) is 3. The van der Waals surface area contributed by atoms with E-state index in [0.717, 1.165) is 39.2 Å². The molecule has 0 bridgehead atoms. The van der Waals surface area contributed by atoms with Gasteiger partial charge in [0.15, 0.2) is 0 Å². The molecule has 1 N–H and O–H groups in total. The number of aryl methyl sites for hydroxylation is 1. The average Bonchev–Trinajstić information content (AvgIpc) is 3.27. The van der Waals surface area contributed by atoms with E-state index in [4.69, 9.17) is 0 Å². The van der Waals surface area contributed by atoms with Crippen LogP contribution < -0.4 is 0 Å². The molecule has 0 saturated heterocycles. The average molecular weight is 375 g/mol. The first-order valence-electron chi connectivity index (χ1n) is 9.35. The minimum atomic E-state index is 0.482. The summed E-state index contributed by atoms with van der Waals surface area (Å²) in [6, 6.07) is 28.2. The molecule has 29 heavy (non-hydrogen) atoms. The standard InChI is InChI=1S/C24H17N5/c1-16-11-13-18(14-12-16)27-28-22-19(15-25)24-26-20-9-5-6-10-21(20)29(24)23(22)17-7-3-2-4-8-17/h2-14,26H,1H3. The Morgan fingerprint density at radius 3 is 2.34 bits per heavy atom. The number of rotatable bonds is 3. The molecule has 0 aliphatic heterocycles. The van der Waals surface area contributed by atoms with Crippen LogP contribution in [0.15, 0.2) is 89.1 Å². The normalized spacial score (nSPS) is 11.4. The van der Waals surface area contributed by atoms with Gasteiger partial charge in [-0.15, -0.1) is 5.11 Å². The maximum atomic E-state index is 9.95. The number of aromatic nitrogens is 2. The van der Waals surface area contributed by atoms with E-state index in [1.165, 1.54) is 0 Å². The van der Waals surface area contributed by atoms with E-state index in [-0.39, 0.29) is 0 Å². The Kier molecular flexibility index (Phi) is 3.96. The summed E-state index contributed by atoms with van der Waals surface area (Å²) in [6.07, 6.45) is 0. The number of imidazole rings is 1. The number of nitrogens with one attached hydrogen (secondary N) is 1. The molecular weight excluding hydrogens is 358 g/mol. The van der Waals surface area contributed by atoms with Crippen LogP contribution >= 0.6 is 0 Å². The van der Waals surface area contributed by atoms with Crippen molar-refractivity contribution >= 4 is 28.1 Å². The van der Waals surface area contributed by atoms with E-state index >= 15 is 0 Å². The third kappa shape index (κ3) is 2.79. The van der Waals surface area contributed by atoms with Gasteiger partial charge in [-0.1, -0.05) is 60.2 Å². The molecule has 0 saturated carbocycles. The second-order valence-electron chi connectivity index (χ2n) is 6.91. The summed E-state index contributed by atoms with van der Waals surface area (Å²) in [6.45, 7) is 2.03. The van der Waals surface area contributed by atoms with Crippen molar-refractivity contribution < 1.29 is 0 Å². The Bertz CT molecular complexity index is 1400. The zero-order valence-electron chi connectivity index (χ0n) is 15.8. The maximum absolute atomic E-state index is 9.95. The van der Waals surface area contributed by atoms with E-state index in [0.29, 0.717) is 11.3 Å². The number of nitriles is 1. The van der Waals surface area contributed by atoms with Crippen LogP contribution in [0.5, 0.6) is 0 Å². The molecule has 5 heteroatoms. The molecule has 0 unspecified atom stereocenters. The summed E-state index contributed by atoms with van der Waals surface area (Å²) < 4.78 is 2.06. The van der Waals surface area contributed by atoms with Crippen molar-refractivity contribution in [1.29, 1.82) is 5.26 Å². The van der Waals surface area contributed by atoms with Crippen molar-refractivity contribution in [3.05, 3.63) is 90.0 Å². The molecule has 0 fully saturated rings. The smallest absolute Gasteiger partial charge is 0.136 e. The van der Waals surface area contributed by atoms with Gasteiger partial charge >= 0.3 is 0 Å². The number of hydrogen-bond donors (Lipinski definition) is 1. The summed E-state index contributed by atoms with van der Waals surface area (Å²) in [5.74, 6) is 0. The van der Waals surface area contributed by atoms with Gasteiger partial charge in [-0.3, -0.25) is 4.40 Å². The van der Waals surface area contributed by atoms with Crippen molar-refractivity contribution in [3.8, 4) is 17.3 Å².